The molecule has 0 fully saturated rings. The van der Waals surface area contributed by atoms with Gasteiger partial charge >= 0.3 is 0 Å². The van der Waals surface area contributed by atoms with E-state index in [1.165, 1.54) is 0 Å². The van der Waals surface area contributed by atoms with Crippen molar-refractivity contribution in [1.82, 2.24) is 5.43 Å². The summed E-state index contributed by atoms with van der Waals surface area (Å²) in [6.07, 6.45) is 1.56. The van der Waals surface area contributed by atoms with E-state index in [0.29, 0.717) is 10.6 Å². The van der Waals surface area contributed by atoms with Crippen LogP contribution in [0.25, 0.3) is 0 Å². The lowest BCUT2D eigenvalue weighted by Crippen LogP contribution is -2.18. The highest BCUT2D eigenvalue weighted by atomic mass is 79.9. The minimum absolute atomic E-state index is 0.266. The first-order valence-electron chi connectivity index (χ1n) is 5.50. The standard InChI is InChI=1S/C14H10BrClN2O/c15-13-4-2-1-3-12(13)14(19)18-17-9-10-5-7-11(16)8-6-10/h1-9H,(H,18,19). The molecule has 2 aromatic rings. The number of amides is 1. The van der Waals surface area contributed by atoms with Gasteiger partial charge in [0.1, 0.15) is 0 Å². The molecule has 0 aliphatic rings. The van der Waals surface area contributed by atoms with E-state index in [9.17, 15) is 4.79 Å². The molecule has 0 aromatic heterocycles. The molecule has 1 N–H and O–H groups in total. The lowest BCUT2D eigenvalue weighted by atomic mass is 10.2. The molecule has 3 nitrogen and oxygen atoms in total. The van der Waals surface area contributed by atoms with Crippen LogP contribution in [-0.4, -0.2) is 12.1 Å². The summed E-state index contributed by atoms with van der Waals surface area (Å²) < 4.78 is 0.731. The second-order valence-corrected chi connectivity index (χ2v) is 5.02. The Labute approximate surface area is 124 Å². The van der Waals surface area contributed by atoms with Crippen molar-refractivity contribution in [3.05, 3.63) is 69.2 Å². The Bertz CT molecular complexity index is 611. The van der Waals surface area contributed by atoms with Crippen molar-refractivity contribution in [3.8, 4) is 0 Å². The zero-order chi connectivity index (χ0) is 13.7. The number of hydrogen-bond acceptors (Lipinski definition) is 2. The molecule has 96 valence electrons. The molecule has 2 rings (SSSR count). The molecular formula is C14H10BrClN2O. The van der Waals surface area contributed by atoms with Crippen LogP contribution >= 0.6 is 27.5 Å². The Kier molecular flexibility index (Phi) is 4.71. The highest BCUT2D eigenvalue weighted by Crippen LogP contribution is 2.15. The first kappa shape index (κ1) is 13.8. The minimum Gasteiger partial charge on any atom is -0.267 e. The summed E-state index contributed by atoms with van der Waals surface area (Å²) >= 11 is 9.09. The lowest BCUT2D eigenvalue weighted by Gasteiger charge is -2.01. The maximum absolute atomic E-state index is 11.8. The van der Waals surface area contributed by atoms with E-state index in [2.05, 4.69) is 26.5 Å². The van der Waals surface area contributed by atoms with Crippen LogP contribution in [0.15, 0.2) is 58.1 Å². The second-order valence-electron chi connectivity index (χ2n) is 3.73. The summed E-state index contributed by atoms with van der Waals surface area (Å²) in [5.41, 5.74) is 3.87. The molecule has 0 atom stereocenters. The van der Waals surface area contributed by atoms with Crippen LogP contribution in [0.3, 0.4) is 0 Å². The number of rotatable bonds is 3. The van der Waals surface area contributed by atoms with Gasteiger partial charge in [0, 0.05) is 9.50 Å². The van der Waals surface area contributed by atoms with Gasteiger partial charge in [0.15, 0.2) is 0 Å². The van der Waals surface area contributed by atoms with E-state index in [-0.39, 0.29) is 5.91 Å². The Hall–Kier alpha value is -1.65. The highest BCUT2D eigenvalue weighted by molar-refractivity contribution is 9.10. The van der Waals surface area contributed by atoms with Crippen LogP contribution < -0.4 is 5.43 Å². The molecule has 19 heavy (non-hydrogen) atoms. The Morgan fingerprint density at radius 3 is 2.53 bits per heavy atom. The number of nitrogens with one attached hydrogen (secondary N) is 1. The van der Waals surface area contributed by atoms with E-state index < -0.39 is 0 Å². The third kappa shape index (κ3) is 3.91. The quantitative estimate of drug-likeness (QED) is 0.670. The first-order chi connectivity index (χ1) is 9.16. The first-order valence-corrected chi connectivity index (χ1v) is 6.67. The fourth-order valence-electron chi connectivity index (χ4n) is 1.42. The Balaban J connectivity index is 2.01. The molecule has 2 aromatic carbocycles. The number of halogens is 2. The number of carbonyl (C=O) groups is 1. The fraction of sp³-hybridized carbons (Fsp3) is 0. The van der Waals surface area contributed by atoms with Gasteiger partial charge in [-0.05, 0) is 45.8 Å². The van der Waals surface area contributed by atoms with Gasteiger partial charge in [-0.25, -0.2) is 5.43 Å². The van der Waals surface area contributed by atoms with Crippen molar-refractivity contribution in [3.63, 3.8) is 0 Å². The van der Waals surface area contributed by atoms with Crippen LogP contribution in [0.2, 0.25) is 5.02 Å². The van der Waals surface area contributed by atoms with Crippen molar-refractivity contribution in [2.45, 2.75) is 0 Å². The van der Waals surface area contributed by atoms with E-state index >= 15 is 0 Å². The summed E-state index contributed by atoms with van der Waals surface area (Å²) in [6, 6.07) is 14.3. The molecule has 5 heteroatoms. The maximum Gasteiger partial charge on any atom is 0.272 e. The van der Waals surface area contributed by atoms with Crippen molar-refractivity contribution in [2.75, 3.05) is 0 Å². The van der Waals surface area contributed by atoms with Gasteiger partial charge in [-0.15, -0.1) is 0 Å². The molecule has 0 spiro atoms. The molecule has 0 radical (unpaired) electrons. The maximum atomic E-state index is 11.8. The third-order valence-corrected chi connectivity index (χ3v) is 3.31. The largest absolute Gasteiger partial charge is 0.272 e. The van der Waals surface area contributed by atoms with E-state index in [1.54, 1.807) is 36.5 Å². The SMILES string of the molecule is O=C(NN=Cc1ccc(Cl)cc1)c1ccccc1Br. The number of hydrazone groups is 1. The monoisotopic (exact) mass is 336 g/mol. The second kappa shape index (κ2) is 6.50. The molecular weight excluding hydrogens is 328 g/mol. The van der Waals surface area contributed by atoms with E-state index in [4.69, 9.17) is 11.6 Å². The van der Waals surface area contributed by atoms with Gasteiger partial charge in [-0.3, -0.25) is 4.79 Å². The zero-order valence-electron chi connectivity index (χ0n) is 9.81. The van der Waals surface area contributed by atoms with Crippen LogP contribution in [0.4, 0.5) is 0 Å². The Morgan fingerprint density at radius 2 is 1.84 bits per heavy atom. The summed E-state index contributed by atoms with van der Waals surface area (Å²) in [5, 5.41) is 4.56. The number of hydrogen-bond donors (Lipinski definition) is 1. The van der Waals surface area contributed by atoms with Crippen LogP contribution in [0.1, 0.15) is 15.9 Å². The number of carbonyl (C=O) groups excluding carboxylic acids is 1. The molecule has 0 bridgehead atoms. The Morgan fingerprint density at radius 1 is 1.16 bits per heavy atom. The summed E-state index contributed by atoms with van der Waals surface area (Å²) in [7, 11) is 0. The summed E-state index contributed by atoms with van der Waals surface area (Å²) in [5.74, 6) is -0.266. The molecule has 0 unspecified atom stereocenters. The van der Waals surface area contributed by atoms with Crippen molar-refractivity contribution >= 4 is 39.7 Å². The molecule has 0 saturated heterocycles. The van der Waals surface area contributed by atoms with Gasteiger partial charge in [-0.1, -0.05) is 35.9 Å². The predicted molar refractivity (Wildman–Crippen MR) is 80.7 cm³/mol. The van der Waals surface area contributed by atoms with Gasteiger partial charge in [0.05, 0.1) is 11.8 Å². The predicted octanol–water partition coefficient (Wildman–Crippen LogP) is 3.87. The summed E-state index contributed by atoms with van der Waals surface area (Å²) in [6.45, 7) is 0. The minimum atomic E-state index is -0.266. The fourth-order valence-corrected chi connectivity index (χ4v) is 2.01. The average Bonchev–Trinajstić information content (AvgIpc) is 2.41. The van der Waals surface area contributed by atoms with Crippen LogP contribution in [0.5, 0.6) is 0 Å². The lowest BCUT2D eigenvalue weighted by molar-refractivity contribution is 0.0954. The third-order valence-electron chi connectivity index (χ3n) is 2.37. The van der Waals surface area contributed by atoms with Gasteiger partial charge < -0.3 is 0 Å². The van der Waals surface area contributed by atoms with E-state index in [0.717, 1.165) is 10.0 Å². The molecule has 1 amide bonds. The van der Waals surface area contributed by atoms with Crippen LogP contribution in [-0.2, 0) is 0 Å². The van der Waals surface area contributed by atoms with Gasteiger partial charge in [-0.2, -0.15) is 5.10 Å². The average molecular weight is 338 g/mol. The van der Waals surface area contributed by atoms with Gasteiger partial charge in [0.25, 0.3) is 5.91 Å². The molecule has 0 heterocycles. The zero-order valence-corrected chi connectivity index (χ0v) is 12.1. The molecule has 0 aliphatic heterocycles. The highest BCUT2D eigenvalue weighted by Gasteiger charge is 2.07. The number of nitrogens with zero attached hydrogens (tertiary/aromatic N) is 1. The normalized spacial score (nSPS) is 10.6. The van der Waals surface area contributed by atoms with Crippen molar-refractivity contribution < 1.29 is 4.79 Å². The smallest absolute Gasteiger partial charge is 0.267 e. The summed E-state index contributed by atoms with van der Waals surface area (Å²) in [4.78, 5) is 11.8. The van der Waals surface area contributed by atoms with E-state index in [1.807, 2.05) is 18.2 Å². The van der Waals surface area contributed by atoms with Crippen molar-refractivity contribution in [2.24, 2.45) is 5.10 Å². The molecule has 0 saturated carbocycles. The molecule has 0 aliphatic carbocycles. The van der Waals surface area contributed by atoms with Crippen molar-refractivity contribution in [1.29, 1.82) is 0 Å². The van der Waals surface area contributed by atoms with Crippen LogP contribution in [0, 0.1) is 0 Å². The topological polar surface area (TPSA) is 41.5 Å². The number of benzene rings is 2. The van der Waals surface area contributed by atoms with Gasteiger partial charge in [0.2, 0.25) is 0 Å².